The van der Waals surface area contributed by atoms with Gasteiger partial charge in [-0.05, 0) is 52.9 Å². The van der Waals surface area contributed by atoms with Gasteiger partial charge in [0.2, 0.25) is 5.91 Å². The summed E-state index contributed by atoms with van der Waals surface area (Å²) in [5.74, 6) is -0.329. The molecule has 0 aliphatic carbocycles. The number of fused-ring (bicyclic) bond motifs is 2. The number of H-pyrrole nitrogens is 2. The molecule has 0 radical (unpaired) electrons. The third-order valence-electron chi connectivity index (χ3n) is 6.51. The van der Waals surface area contributed by atoms with Crippen molar-refractivity contribution < 1.29 is 9.18 Å². The Morgan fingerprint density at radius 1 is 0.923 bits per heavy atom. The predicted octanol–water partition coefficient (Wildman–Crippen LogP) is 7.35. The topological polar surface area (TPSA) is 99.4 Å². The second-order valence-corrected chi connectivity index (χ2v) is 10.9. The SMILES string of the molecule is CC(C)(C)CC(=O)Nc1cncc(-c2cc3c(-c4cc5c(-c6cccc(F)c6)cccc5[nH]4)n[nH]c3cn2)c1. The number of halogens is 1. The van der Waals surface area contributed by atoms with Crippen LogP contribution in [-0.2, 0) is 4.79 Å². The number of nitrogens with zero attached hydrogens (tertiary/aromatic N) is 3. The fourth-order valence-electron chi connectivity index (χ4n) is 4.81. The van der Waals surface area contributed by atoms with Crippen LogP contribution in [0.25, 0.3) is 55.6 Å². The van der Waals surface area contributed by atoms with E-state index in [9.17, 15) is 9.18 Å². The molecule has 6 rings (SSSR count). The molecule has 8 heteroatoms. The largest absolute Gasteiger partial charge is 0.353 e. The van der Waals surface area contributed by atoms with E-state index in [1.807, 2.05) is 63.2 Å². The molecule has 6 aromatic rings. The van der Waals surface area contributed by atoms with Gasteiger partial charge in [0.25, 0.3) is 0 Å². The van der Waals surface area contributed by atoms with Crippen molar-refractivity contribution in [2.75, 3.05) is 5.32 Å². The Labute approximate surface area is 224 Å². The average molecular weight is 519 g/mol. The zero-order valence-electron chi connectivity index (χ0n) is 21.8. The molecule has 2 aromatic carbocycles. The number of rotatable bonds is 5. The maximum Gasteiger partial charge on any atom is 0.224 e. The summed E-state index contributed by atoms with van der Waals surface area (Å²) in [7, 11) is 0. The lowest BCUT2D eigenvalue weighted by molar-refractivity contribution is -0.117. The average Bonchev–Trinajstić information content (AvgIpc) is 3.51. The zero-order chi connectivity index (χ0) is 27.1. The number of hydrogen-bond donors (Lipinski definition) is 3. The second-order valence-electron chi connectivity index (χ2n) is 10.9. The van der Waals surface area contributed by atoms with Gasteiger partial charge in [-0.1, -0.05) is 45.0 Å². The lowest BCUT2D eigenvalue weighted by Crippen LogP contribution is -2.19. The third-order valence-corrected chi connectivity index (χ3v) is 6.51. The summed E-state index contributed by atoms with van der Waals surface area (Å²) in [6, 6.07) is 18.4. The summed E-state index contributed by atoms with van der Waals surface area (Å²) >= 11 is 0. The number of pyridine rings is 2. The molecule has 39 heavy (non-hydrogen) atoms. The molecular weight excluding hydrogens is 491 g/mol. The van der Waals surface area contributed by atoms with Crippen molar-refractivity contribution in [2.24, 2.45) is 5.41 Å². The molecule has 0 fully saturated rings. The van der Waals surface area contributed by atoms with Gasteiger partial charge in [0.15, 0.2) is 0 Å². The minimum absolute atomic E-state index is 0.0570. The highest BCUT2D eigenvalue weighted by Crippen LogP contribution is 2.35. The fraction of sp³-hybridized carbons (Fsp3) is 0.161. The highest BCUT2D eigenvalue weighted by Gasteiger charge is 2.17. The molecule has 0 spiro atoms. The number of carbonyl (C=O) groups is 1. The third kappa shape index (κ3) is 5.01. The van der Waals surface area contributed by atoms with Crippen molar-refractivity contribution in [1.29, 1.82) is 0 Å². The first kappa shape index (κ1) is 24.5. The van der Waals surface area contributed by atoms with E-state index in [4.69, 9.17) is 0 Å². The van der Waals surface area contributed by atoms with Crippen molar-refractivity contribution >= 4 is 33.4 Å². The Balaban J connectivity index is 1.37. The number of aromatic amines is 2. The van der Waals surface area contributed by atoms with Crippen molar-refractivity contribution in [3.8, 4) is 33.8 Å². The van der Waals surface area contributed by atoms with Gasteiger partial charge in [0.05, 0.1) is 35.0 Å². The van der Waals surface area contributed by atoms with Crippen molar-refractivity contribution in [1.82, 2.24) is 25.1 Å². The molecule has 0 saturated carbocycles. The van der Waals surface area contributed by atoms with Crippen LogP contribution < -0.4 is 5.32 Å². The molecule has 0 bridgehead atoms. The van der Waals surface area contributed by atoms with Crippen LogP contribution in [0, 0.1) is 11.2 Å². The zero-order valence-corrected chi connectivity index (χ0v) is 21.8. The minimum atomic E-state index is -0.272. The van der Waals surface area contributed by atoms with E-state index in [0.717, 1.165) is 49.9 Å². The van der Waals surface area contributed by atoms with Gasteiger partial charge in [0.1, 0.15) is 11.5 Å². The highest BCUT2D eigenvalue weighted by molar-refractivity contribution is 6.01. The van der Waals surface area contributed by atoms with Gasteiger partial charge in [-0.2, -0.15) is 5.10 Å². The molecule has 4 heterocycles. The monoisotopic (exact) mass is 518 g/mol. The van der Waals surface area contributed by atoms with E-state index >= 15 is 0 Å². The standard InChI is InChI=1S/C31H27FN6O/c1-31(2,3)14-29(39)35-21-11-19(15-33-16-21)26-13-24-28(17-34-26)37-38-30(24)27-12-23-22(8-5-9-25(23)36-27)18-6-4-7-20(32)10-18/h4-13,15-17,36H,14H2,1-3H3,(H,35,39)(H,37,38). The summed E-state index contributed by atoms with van der Waals surface area (Å²) < 4.78 is 13.9. The normalized spacial score (nSPS) is 11.8. The van der Waals surface area contributed by atoms with Gasteiger partial charge in [-0.25, -0.2) is 4.39 Å². The van der Waals surface area contributed by atoms with Crippen molar-refractivity contribution in [3.05, 3.63) is 85.1 Å². The number of carbonyl (C=O) groups excluding carboxylic acids is 1. The van der Waals surface area contributed by atoms with E-state index in [2.05, 4.69) is 30.5 Å². The molecule has 0 saturated heterocycles. The van der Waals surface area contributed by atoms with Gasteiger partial charge in [0, 0.05) is 34.5 Å². The summed E-state index contributed by atoms with van der Waals surface area (Å²) in [4.78, 5) is 24.8. The molecule has 3 N–H and O–H groups in total. The Hall–Kier alpha value is -4.85. The van der Waals surface area contributed by atoms with E-state index < -0.39 is 0 Å². The van der Waals surface area contributed by atoms with Crippen LogP contribution >= 0.6 is 0 Å². The van der Waals surface area contributed by atoms with Crippen LogP contribution in [0.2, 0.25) is 0 Å². The lowest BCUT2D eigenvalue weighted by Gasteiger charge is -2.17. The molecule has 1 amide bonds. The highest BCUT2D eigenvalue weighted by atomic mass is 19.1. The molecule has 0 unspecified atom stereocenters. The summed E-state index contributed by atoms with van der Waals surface area (Å²) in [6.45, 7) is 6.08. The maximum atomic E-state index is 13.9. The number of benzene rings is 2. The molecule has 4 aromatic heterocycles. The van der Waals surface area contributed by atoms with Crippen LogP contribution in [0.15, 0.2) is 79.3 Å². The van der Waals surface area contributed by atoms with Gasteiger partial charge in [-0.15, -0.1) is 0 Å². The van der Waals surface area contributed by atoms with E-state index in [1.165, 1.54) is 12.1 Å². The van der Waals surface area contributed by atoms with Gasteiger partial charge in [-0.3, -0.25) is 19.9 Å². The summed E-state index contributed by atoms with van der Waals surface area (Å²) in [5, 5.41) is 12.4. The van der Waals surface area contributed by atoms with Gasteiger partial charge >= 0.3 is 0 Å². The molecule has 0 aliphatic rings. The van der Waals surface area contributed by atoms with E-state index in [-0.39, 0.29) is 17.1 Å². The Morgan fingerprint density at radius 2 is 1.77 bits per heavy atom. The van der Waals surface area contributed by atoms with Crippen LogP contribution in [-0.4, -0.2) is 31.1 Å². The second kappa shape index (κ2) is 9.47. The number of amides is 1. The molecule has 194 valence electrons. The van der Waals surface area contributed by atoms with E-state index in [1.54, 1.807) is 24.7 Å². The first-order chi connectivity index (χ1) is 18.7. The first-order valence-electron chi connectivity index (χ1n) is 12.7. The Kier molecular flexibility index (Phi) is 5.95. The quantitative estimate of drug-likeness (QED) is 0.222. The number of aromatic nitrogens is 5. The van der Waals surface area contributed by atoms with Crippen LogP contribution in [0.5, 0.6) is 0 Å². The number of anilines is 1. The smallest absolute Gasteiger partial charge is 0.224 e. The van der Waals surface area contributed by atoms with Crippen LogP contribution in [0.3, 0.4) is 0 Å². The van der Waals surface area contributed by atoms with Crippen molar-refractivity contribution in [3.63, 3.8) is 0 Å². The van der Waals surface area contributed by atoms with Gasteiger partial charge < -0.3 is 10.3 Å². The predicted molar refractivity (Wildman–Crippen MR) is 153 cm³/mol. The first-order valence-corrected chi connectivity index (χ1v) is 12.7. The molecule has 0 aliphatic heterocycles. The fourth-order valence-corrected chi connectivity index (χ4v) is 4.81. The van der Waals surface area contributed by atoms with E-state index in [0.29, 0.717) is 17.8 Å². The number of hydrogen-bond acceptors (Lipinski definition) is 4. The Morgan fingerprint density at radius 3 is 2.59 bits per heavy atom. The lowest BCUT2D eigenvalue weighted by atomic mass is 9.92. The minimum Gasteiger partial charge on any atom is -0.353 e. The van der Waals surface area contributed by atoms with Crippen LogP contribution in [0.1, 0.15) is 27.2 Å². The maximum absolute atomic E-state index is 13.9. The van der Waals surface area contributed by atoms with Crippen LogP contribution in [0.4, 0.5) is 10.1 Å². The molecule has 0 atom stereocenters. The summed E-state index contributed by atoms with van der Waals surface area (Å²) in [5.41, 5.74) is 7.05. The van der Waals surface area contributed by atoms with Crippen molar-refractivity contribution in [2.45, 2.75) is 27.2 Å². The molecule has 7 nitrogen and oxygen atoms in total. The number of nitrogens with one attached hydrogen (secondary N) is 3. The molecular formula is C31H27FN6O. The summed E-state index contributed by atoms with van der Waals surface area (Å²) in [6.07, 6.45) is 5.51. The Bertz CT molecular complexity index is 1850.